The summed E-state index contributed by atoms with van der Waals surface area (Å²) in [5.74, 6) is -1.39. The molecule has 0 unspecified atom stereocenters. The number of halogens is 1. The molecule has 0 aliphatic carbocycles. The molecule has 0 radical (unpaired) electrons. The van der Waals surface area contributed by atoms with Gasteiger partial charge in [0.1, 0.15) is 11.3 Å². The van der Waals surface area contributed by atoms with E-state index < -0.39 is 17.8 Å². The van der Waals surface area contributed by atoms with Crippen LogP contribution in [0.3, 0.4) is 0 Å². The minimum atomic E-state index is -0.759. The Morgan fingerprint density at radius 1 is 0.725 bits per heavy atom. The molecule has 0 atom stereocenters. The van der Waals surface area contributed by atoms with E-state index in [1.807, 2.05) is 0 Å². The summed E-state index contributed by atoms with van der Waals surface area (Å²) in [6.45, 7) is -0.222. The van der Waals surface area contributed by atoms with Gasteiger partial charge in [-0.25, -0.2) is 14.6 Å². The van der Waals surface area contributed by atoms with E-state index in [-0.39, 0.29) is 18.1 Å². The number of para-hydroxylation sites is 2. The van der Waals surface area contributed by atoms with Crippen LogP contribution in [-0.4, -0.2) is 30.4 Å². The van der Waals surface area contributed by atoms with Gasteiger partial charge in [0.05, 0.1) is 11.4 Å². The normalized spacial score (nSPS) is 13.3. The quantitative estimate of drug-likeness (QED) is 0.226. The van der Waals surface area contributed by atoms with Crippen molar-refractivity contribution in [2.24, 2.45) is 0 Å². The molecule has 0 bridgehead atoms. The number of barbiturate groups is 1. The maximum absolute atomic E-state index is 13.5. The standard InChI is InChI=1S/C31H22ClN3O5/c32-22-13-15-23(16-14-22)33-28(36)20-40-26-17-11-21(12-18-26)19-27-29(37)34(24-7-3-1-4-8-24)31(39)35(30(27)38)25-9-5-2-6-10-25/h1-19H,20H2,(H,33,36). The van der Waals surface area contributed by atoms with Crippen molar-refractivity contribution in [2.75, 3.05) is 21.7 Å². The van der Waals surface area contributed by atoms with Gasteiger partial charge in [-0.1, -0.05) is 60.1 Å². The number of carbonyl (C=O) groups is 4. The predicted octanol–water partition coefficient (Wildman–Crippen LogP) is 5.94. The number of hydrogen-bond acceptors (Lipinski definition) is 5. The Morgan fingerprint density at radius 2 is 1.25 bits per heavy atom. The Labute approximate surface area is 235 Å². The second kappa shape index (κ2) is 11.7. The molecular weight excluding hydrogens is 530 g/mol. The lowest BCUT2D eigenvalue weighted by molar-refractivity contribution is -0.121. The van der Waals surface area contributed by atoms with Gasteiger partial charge < -0.3 is 10.1 Å². The molecule has 40 heavy (non-hydrogen) atoms. The zero-order valence-corrected chi connectivity index (χ0v) is 21.7. The van der Waals surface area contributed by atoms with Gasteiger partial charge in [-0.3, -0.25) is 14.4 Å². The fourth-order valence-electron chi connectivity index (χ4n) is 4.05. The molecule has 198 valence electrons. The average Bonchev–Trinajstić information content (AvgIpc) is 2.97. The second-order valence-electron chi connectivity index (χ2n) is 8.71. The lowest BCUT2D eigenvalue weighted by Gasteiger charge is -2.33. The molecule has 8 nitrogen and oxygen atoms in total. The molecule has 1 aliphatic heterocycles. The number of benzene rings is 4. The smallest absolute Gasteiger partial charge is 0.343 e. The molecule has 1 aliphatic rings. The van der Waals surface area contributed by atoms with Crippen molar-refractivity contribution >= 4 is 58.5 Å². The molecule has 1 saturated heterocycles. The number of amides is 5. The van der Waals surface area contributed by atoms with E-state index in [0.29, 0.717) is 33.4 Å². The molecule has 1 heterocycles. The minimum absolute atomic E-state index is 0.177. The first-order chi connectivity index (χ1) is 19.4. The van der Waals surface area contributed by atoms with Crippen molar-refractivity contribution in [3.8, 4) is 5.75 Å². The van der Waals surface area contributed by atoms with Crippen LogP contribution in [0.25, 0.3) is 6.08 Å². The predicted molar refractivity (Wildman–Crippen MR) is 153 cm³/mol. The summed E-state index contributed by atoms with van der Waals surface area (Å²) in [5.41, 5.74) is 1.64. The van der Waals surface area contributed by atoms with Crippen LogP contribution in [0.1, 0.15) is 5.56 Å². The number of imide groups is 2. The maximum Gasteiger partial charge on any atom is 0.343 e. The van der Waals surface area contributed by atoms with E-state index in [4.69, 9.17) is 16.3 Å². The molecule has 4 aromatic carbocycles. The fraction of sp³-hybridized carbons (Fsp3) is 0.0323. The molecule has 4 aromatic rings. The molecule has 0 aromatic heterocycles. The first kappa shape index (κ1) is 26.4. The van der Waals surface area contributed by atoms with Crippen LogP contribution >= 0.6 is 11.6 Å². The Morgan fingerprint density at radius 3 is 1.77 bits per heavy atom. The third-order valence-corrected chi connectivity index (χ3v) is 6.22. The van der Waals surface area contributed by atoms with Crippen LogP contribution < -0.4 is 19.9 Å². The van der Waals surface area contributed by atoms with E-state index in [1.54, 1.807) is 109 Å². The molecular formula is C31H22ClN3O5. The summed E-state index contributed by atoms with van der Waals surface area (Å²) in [6, 6.07) is 29.3. The number of nitrogens with zero attached hydrogens (tertiary/aromatic N) is 2. The Kier molecular flexibility index (Phi) is 7.70. The Balaban J connectivity index is 1.36. The van der Waals surface area contributed by atoms with Crippen LogP contribution in [0.5, 0.6) is 5.75 Å². The highest BCUT2D eigenvalue weighted by molar-refractivity contribution is 6.46. The number of hydrogen-bond donors (Lipinski definition) is 1. The lowest BCUT2D eigenvalue weighted by atomic mass is 10.0. The number of ether oxygens (including phenoxy) is 1. The van der Waals surface area contributed by atoms with Gasteiger partial charge in [0, 0.05) is 10.7 Å². The largest absolute Gasteiger partial charge is 0.484 e. The summed E-state index contributed by atoms with van der Waals surface area (Å²) in [5, 5.41) is 3.27. The molecule has 9 heteroatoms. The van der Waals surface area contributed by atoms with Crippen molar-refractivity contribution in [3.05, 3.63) is 125 Å². The number of nitrogens with one attached hydrogen (secondary N) is 1. The van der Waals surface area contributed by atoms with E-state index >= 15 is 0 Å². The SMILES string of the molecule is O=C(COc1ccc(C=C2C(=O)N(c3ccccc3)C(=O)N(c3ccccc3)C2=O)cc1)Nc1ccc(Cl)cc1. The molecule has 0 saturated carbocycles. The van der Waals surface area contributed by atoms with Gasteiger partial charge in [0.15, 0.2) is 6.61 Å². The number of rotatable bonds is 7. The summed E-state index contributed by atoms with van der Waals surface area (Å²) >= 11 is 5.86. The highest BCUT2D eigenvalue weighted by Crippen LogP contribution is 2.29. The monoisotopic (exact) mass is 551 g/mol. The average molecular weight is 552 g/mol. The van der Waals surface area contributed by atoms with Crippen LogP contribution in [0.2, 0.25) is 5.02 Å². The van der Waals surface area contributed by atoms with Gasteiger partial charge in [-0.2, -0.15) is 0 Å². The third-order valence-electron chi connectivity index (χ3n) is 5.97. The first-order valence-corrected chi connectivity index (χ1v) is 12.6. The summed E-state index contributed by atoms with van der Waals surface area (Å²) in [4.78, 5) is 54.5. The van der Waals surface area contributed by atoms with Crippen LogP contribution in [0.15, 0.2) is 115 Å². The van der Waals surface area contributed by atoms with Crippen molar-refractivity contribution < 1.29 is 23.9 Å². The van der Waals surface area contributed by atoms with Gasteiger partial charge in [-0.15, -0.1) is 0 Å². The van der Waals surface area contributed by atoms with Crippen LogP contribution in [-0.2, 0) is 14.4 Å². The maximum atomic E-state index is 13.5. The Bertz CT molecular complexity index is 1520. The molecule has 0 spiro atoms. The zero-order chi connectivity index (χ0) is 28.1. The first-order valence-electron chi connectivity index (χ1n) is 12.2. The Hall–Kier alpha value is -5.21. The molecule has 5 rings (SSSR count). The number of anilines is 3. The molecule has 1 N–H and O–H groups in total. The van der Waals surface area contributed by atoms with E-state index in [2.05, 4.69) is 5.32 Å². The summed E-state index contributed by atoms with van der Waals surface area (Å²) in [6.07, 6.45) is 1.43. The number of carbonyl (C=O) groups excluding carboxylic acids is 4. The molecule has 5 amide bonds. The number of urea groups is 1. The van der Waals surface area contributed by atoms with Gasteiger partial charge in [0.2, 0.25) is 0 Å². The van der Waals surface area contributed by atoms with Crippen molar-refractivity contribution in [1.82, 2.24) is 0 Å². The minimum Gasteiger partial charge on any atom is -0.484 e. The van der Waals surface area contributed by atoms with Crippen molar-refractivity contribution in [1.29, 1.82) is 0 Å². The second-order valence-corrected chi connectivity index (χ2v) is 9.14. The van der Waals surface area contributed by atoms with Gasteiger partial charge in [0.25, 0.3) is 17.7 Å². The van der Waals surface area contributed by atoms with E-state index in [1.165, 1.54) is 6.08 Å². The summed E-state index contributed by atoms with van der Waals surface area (Å²) in [7, 11) is 0. The van der Waals surface area contributed by atoms with Gasteiger partial charge in [-0.05, 0) is 72.3 Å². The summed E-state index contributed by atoms with van der Waals surface area (Å²) < 4.78 is 5.56. The van der Waals surface area contributed by atoms with E-state index in [9.17, 15) is 19.2 Å². The van der Waals surface area contributed by atoms with Crippen LogP contribution in [0.4, 0.5) is 21.9 Å². The lowest BCUT2D eigenvalue weighted by Crippen LogP contribution is -2.57. The topological polar surface area (TPSA) is 96.0 Å². The van der Waals surface area contributed by atoms with E-state index in [0.717, 1.165) is 9.80 Å². The zero-order valence-electron chi connectivity index (χ0n) is 21.0. The highest BCUT2D eigenvalue weighted by atomic mass is 35.5. The van der Waals surface area contributed by atoms with Gasteiger partial charge >= 0.3 is 6.03 Å². The highest BCUT2D eigenvalue weighted by Gasteiger charge is 2.43. The van der Waals surface area contributed by atoms with Crippen LogP contribution in [0, 0.1) is 0 Å². The van der Waals surface area contributed by atoms with Crippen molar-refractivity contribution in [3.63, 3.8) is 0 Å². The van der Waals surface area contributed by atoms with Crippen molar-refractivity contribution in [2.45, 2.75) is 0 Å². The molecule has 1 fully saturated rings. The fourth-order valence-corrected chi connectivity index (χ4v) is 4.17. The third kappa shape index (κ3) is 5.77.